The largest absolute Gasteiger partial charge is 0.339 e. The Bertz CT molecular complexity index is 593. The van der Waals surface area contributed by atoms with Crippen LogP contribution in [0.15, 0.2) is 41.0 Å². The molecule has 0 atom stereocenters. The van der Waals surface area contributed by atoms with Crippen molar-refractivity contribution in [2.45, 2.75) is 0 Å². The Labute approximate surface area is 112 Å². The molecule has 1 heterocycles. The van der Waals surface area contributed by atoms with E-state index >= 15 is 0 Å². The van der Waals surface area contributed by atoms with E-state index in [1.807, 2.05) is 24.3 Å². The van der Waals surface area contributed by atoms with Crippen LogP contribution in [0.4, 0.5) is 11.5 Å². The highest BCUT2D eigenvalue weighted by atomic mass is 79.9. The summed E-state index contributed by atoms with van der Waals surface area (Å²) in [4.78, 5) is 4.23. The quantitative estimate of drug-likeness (QED) is 0.849. The van der Waals surface area contributed by atoms with Gasteiger partial charge in [0, 0.05) is 0 Å². The number of nitrogens with one attached hydrogen (secondary N) is 1. The summed E-state index contributed by atoms with van der Waals surface area (Å²) in [7, 11) is 0. The molecule has 0 saturated heterocycles. The second-order valence-electron chi connectivity index (χ2n) is 3.28. The topological polar surface area (TPSA) is 48.7 Å². The zero-order valence-electron chi connectivity index (χ0n) is 8.61. The van der Waals surface area contributed by atoms with Crippen molar-refractivity contribution in [1.29, 1.82) is 5.26 Å². The van der Waals surface area contributed by atoms with Gasteiger partial charge in [0.1, 0.15) is 10.4 Å². The Morgan fingerprint density at radius 2 is 2.12 bits per heavy atom. The maximum atomic E-state index is 8.73. The van der Waals surface area contributed by atoms with Crippen molar-refractivity contribution in [3.8, 4) is 6.07 Å². The van der Waals surface area contributed by atoms with Gasteiger partial charge in [0.05, 0.1) is 22.3 Å². The summed E-state index contributed by atoms with van der Waals surface area (Å²) in [5.74, 6) is 0.686. The van der Waals surface area contributed by atoms with Gasteiger partial charge in [0.2, 0.25) is 0 Å². The summed E-state index contributed by atoms with van der Waals surface area (Å²) < 4.78 is 0.743. The van der Waals surface area contributed by atoms with E-state index in [1.165, 1.54) is 0 Å². The van der Waals surface area contributed by atoms with Gasteiger partial charge < -0.3 is 5.32 Å². The van der Waals surface area contributed by atoms with Gasteiger partial charge in [-0.15, -0.1) is 0 Å². The van der Waals surface area contributed by atoms with E-state index in [2.05, 4.69) is 26.2 Å². The van der Waals surface area contributed by atoms with Gasteiger partial charge in [-0.3, -0.25) is 0 Å². The molecule has 3 nitrogen and oxygen atoms in total. The van der Waals surface area contributed by atoms with Crippen LogP contribution >= 0.6 is 27.5 Å². The van der Waals surface area contributed by atoms with Crippen LogP contribution in [-0.4, -0.2) is 4.98 Å². The van der Waals surface area contributed by atoms with Crippen molar-refractivity contribution in [1.82, 2.24) is 4.98 Å². The highest BCUT2D eigenvalue weighted by Crippen LogP contribution is 2.26. The lowest BCUT2D eigenvalue weighted by molar-refractivity contribution is 1.26. The van der Waals surface area contributed by atoms with Crippen LogP contribution in [0, 0.1) is 11.3 Å². The van der Waals surface area contributed by atoms with Gasteiger partial charge in [0.25, 0.3) is 0 Å². The molecule has 0 unspecified atom stereocenters. The lowest BCUT2D eigenvalue weighted by atomic mass is 10.2. The molecule has 2 rings (SSSR count). The van der Waals surface area contributed by atoms with Gasteiger partial charge in [0.15, 0.2) is 0 Å². The highest BCUT2D eigenvalue weighted by Gasteiger charge is 2.03. The maximum absolute atomic E-state index is 8.73. The Hall–Kier alpha value is -1.57. The molecule has 1 N–H and O–H groups in total. The first-order chi connectivity index (χ1) is 8.19. The Morgan fingerprint density at radius 1 is 1.29 bits per heavy atom. The lowest BCUT2D eigenvalue weighted by Gasteiger charge is -2.07. The molecule has 0 radical (unpaired) electrons. The number of pyridine rings is 1. The average Bonchev–Trinajstić information content (AvgIpc) is 2.32. The summed E-state index contributed by atoms with van der Waals surface area (Å²) in [6.07, 6.45) is 0. The predicted molar refractivity (Wildman–Crippen MR) is 71.4 cm³/mol. The fourth-order valence-electron chi connectivity index (χ4n) is 1.30. The van der Waals surface area contributed by atoms with E-state index in [0.717, 1.165) is 10.3 Å². The molecular formula is C12H7BrClN3. The van der Waals surface area contributed by atoms with E-state index in [-0.39, 0.29) is 0 Å². The molecule has 0 saturated carbocycles. The second-order valence-corrected chi connectivity index (χ2v) is 4.50. The Morgan fingerprint density at radius 3 is 2.76 bits per heavy atom. The van der Waals surface area contributed by atoms with Crippen molar-refractivity contribution in [2.75, 3.05) is 5.32 Å². The first-order valence-corrected chi connectivity index (χ1v) is 5.95. The number of nitrogens with zero attached hydrogens (tertiary/aromatic N) is 2. The number of anilines is 2. The van der Waals surface area contributed by atoms with E-state index in [0.29, 0.717) is 16.4 Å². The molecule has 0 aliphatic heterocycles. The predicted octanol–water partition coefficient (Wildman–Crippen LogP) is 4.11. The van der Waals surface area contributed by atoms with Crippen LogP contribution in [0.5, 0.6) is 0 Å². The van der Waals surface area contributed by atoms with Crippen LogP contribution in [0.1, 0.15) is 5.56 Å². The van der Waals surface area contributed by atoms with Crippen LogP contribution in [0.2, 0.25) is 5.02 Å². The number of nitriles is 1. The van der Waals surface area contributed by atoms with Crippen molar-refractivity contribution in [3.05, 3.63) is 51.6 Å². The van der Waals surface area contributed by atoms with Gasteiger partial charge in [-0.05, 0) is 46.3 Å². The number of rotatable bonds is 2. The number of aromatic nitrogens is 1. The first kappa shape index (κ1) is 11.9. The van der Waals surface area contributed by atoms with Gasteiger partial charge in [-0.1, -0.05) is 17.7 Å². The maximum Gasteiger partial charge on any atom is 0.131 e. The summed E-state index contributed by atoms with van der Waals surface area (Å²) in [5, 5.41) is 12.3. The first-order valence-electron chi connectivity index (χ1n) is 4.78. The monoisotopic (exact) mass is 307 g/mol. The third kappa shape index (κ3) is 2.96. The van der Waals surface area contributed by atoms with E-state index in [1.54, 1.807) is 18.2 Å². The molecule has 0 amide bonds. The zero-order chi connectivity index (χ0) is 12.3. The van der Waals surface area contributed by atoms with Crippen molar-refractivity contribution in [2.24, 2.45) is 0 Å². The summed E-state index contributed by atoms with van der Waals surface area (Å²) in [6.45, 7) is 0. The number of halogens is 2. The minimum absolute atomic E-state index is 0.492. The highest BCUT2D eigenvalue weighted by molar-refractivity contribution is 9.10. The average molecular weight is 309 g/mol. The van der Waals surface area contributed by atoms with Crippen molar-refractivity contribution < 1.29 is 0 Å². The molecule has 0 spiro atoms. The molecular weight excluding hydrogens is 302 g/mol. The molecule has 0 aliphatic carbocycles. The summed E-state index contributed by atoms with van der Waals surface area (Å²) in [6, 6.07) is 12.6. The standard InChI is InChI=1S/C12H7BrClN3/c13-11-2-1-3-12(17-11)16-10-5-4-8(7-15)6-9(10)14/h1-6H,(H,16,17). The summed E-state index contributed by atoms with van der Waals surface area (Å²) >= 11 is 9.33. The van der Waals surface area contributed by atoms with Crippen LogP contribution < -0.4 is 5.32 Å². The molecule has 0 fully saturated rings. The lowest BCUT2D eigenvalue weighted by Crippen LogP contribution is -1.94. The van der Waals surface area contributed by atoms with Crippen molar-refractivity contribution >= 4 is 39.0 Å². The minimum atomic E-state index is 0.492. The van der Waals surface area contributed by atoms with Gasteiger partial charge in [-0.25, -0.2) is 4.98 Å². The molecule has 5 heteroatoms. The third-order valence-corrected chi connectivity index (χ3v) is 2.83. The van der Waals surface area contributed by atoms with Crippen LogP contribution in [-0.2, 0) is 0 Å². The Kier molecular flexibility index (Phi) is 3.62. The van der Waals surface area contributed by atoms with Crippen molar-refractivity contribution in [3.63, 3.8) is 0 Å². The molecule has 1 aromatic heterocycles. The van der Waals surface area contributed by atoms with E-state index in [4.69, 9.17) is 16.9 Å². The molecule has 84 valence electrons. The molecule has 1 aromatic carbocycles. The van der Waals surface area contributed by atoms with Gasteiger partial charge in [-0.2, -0.15) is 5.26 Å². The van der Waals surface area contributed by atoms with Crippen LogP contribution in [0.3, 0.4) is 0 Å². The zero-order valence-corrected chi connectivity index (χ0v) is 11.0. The molecule has 0 aliphatic rings. The molecule has 17 heavy (non-hydrogen) atoms. The second kappa shape index (κ2) is 5.17. The Balaban J connectivity index is 2.28. The van der Waals surface area contributed by atoms with E-state index in [9.17, 15) is 0 Å². The van der Waals surface area contributed by atoms with E-state index < -0.39 is 0 Å². The minimum Gasteiger partial charge on any atom is -0.339 e. The van der Waals surface area contributed by atoms with Gasteiger partial charge >= 0.3 is 0 Å². The normalized spacial score (nSPS) is 9.71. The fourth-order valence-corrected chi connectivity index (χ4v) is 1.87. The molecule has 2 aromatic rings. The smallest absolute Gasteiger partial charge is 0.131 e. The summed E-state index contributed by atoms with van der Waals surface area (Å²) in [5.41, 5.74) is 1.25. The SMILES string of the molecule is N#Cc1ccc(Nc2cccc(Br)n2)c(Cl)c1. The van der Waals surface area contributed by atoms with Crippen LogP contribution in [0.25, 0.3) is 0 Å². The number of benzene rings is 1. The number of hydrogen-bond donors (Lipinski definition) is 1. The fraction of sp³-hybridized carbons (Fsp3) is 0. The number of hydrogen-bond acceptors (Lipinski definition) is 3. The third-order valence-electron chi connectivity index (χ3n) is 2.08. The molecule has 0 bridgehead atoms.